The van der Waals surface area contributed by atoms with Crippen molar-refractivity contribution in [3.63, 3.8) is 0 Å². The van der Waals surface area contributed by atoms with Crippen molar-refractivity contribution in [3.8, 4) is 11.3 Å². The second-order valence-corrected chi connectivity index (χ2v) is 6.17. The summed E-state index contributed by atoms with van der Waals surface area (Å²) < 4.78 is 12.9. The molecule has 1 saturated heterocycles. The monoisotopic (exact) mass is 353 g/mol. The van der Waals surface area contributed by atoms with Crippen molar-refractivity contribution < 1.29 is 14.1 Å². The molecule has 3 aromatic heterocycles. The first kappa shape index (κ1) is 16.5. The molecule has 3 aromatic rings. The van der Waals surface area contributed by atoms with Crippen molar-refractivity contribution in [3.05, 3.63) is 54.3 Å². The van der Waals surface area contributed by atoms with Crippen molar-refractivity contribution in [1.82, 2.24) is 24.8 Å². The van der Waals surface area contributed by atoms with Crippen LogP contribution in [0.5, 0.6) is 0 Å². The number of aromatic nitrogens is 4. The van der Waals surface area contributed by atoms with Crippen molar-refractivity contribution >= 4 is 5.91 Å². The number of pyridine rings is 1. The average Bonchev–Trinajstić information content (AvgIpc) is 3.32. The third-order valence-corrected chi connectivity index (χ3v) is 4.41. The van der Waals surface area contributed by atoms with E-state index in [1.54, 1.807) is 30.4 Å². The van der Waals surface area contributed by atoms with E-state index in [4.69, 9.17) is 9.26 Å². The number of hydrogen-bond donors (Lipinski definition) is 0. The summed E-state index contributed by atoms with van der Waals surface area (Å²) in [6.07, 6.45) is 6.85. The highest BCUT2D eigenvalue weighted by Gasteiger charge is 2.30. The molecule has 0 aliphatic carbocycles. The van der Waals surface area contributed by atoms with Crippen LogP contribution in [-0.2, 0) is 11.3 Å². The van der Waals surface area contributed by atoms with Crippen LogP contribution in [-0.4, -0.2) is 56.5 Å². The lowest BCUT2D eigenvalue weighted by molar-refractivity contribution is -0.0300. The molecular formula is C18H19N5O3. The fraction of sp³-hybridized carbons (Fsp3) is 0.333. The highest BCUT2D eigenvalue weighted by molar-refractivity contribution is 6.00. The van der Waals surface area contributed by atoms with E-state index in [0.717, 1.165) is 5.56 Å². The molecule has 4 rings (SSSR count). The summed E-state index contributed by atoms with van der Waals surface area (Å²) in [5.41, 5.74) is 1.85. The van der Waals surface area contributed by atoms with Gasteiger partial charge in [0.05, 0.1) is 19.3 Å². The van der Waals surface area contributed by atoms with Gasteiger partial charge < -0.3 is 14.2 Å². The van der Waals surface area contributed by atoms with E-state index in [2.05, 4.69) is 15.2 Å². The van der Waals surface area contributed by atoms with Crippen LogP contribution < -0.4 is 0 Å². The summed E-state index contributed by atoms with van der Waals surface area (Å²) in [5.74, 6) is 0.418. The molecule has 26 heavy (non-hydrogen) atoms. The van der Waals surface area contributed by atoms with Gasteiger partial charge in [-0.15, -0.1) is 0 Å². The van der Waals surface area contributed by atoms with Crippen LogP contribution in [0, 0.1) is 6.92 Å². The molecule has 0 radical (unpaired) electrons. The molecule has 0 aromatic carbocycles. The first-order chi connectivity index (χ1) is 12.7. The van der Waals surface area contributed by atoms with Gasteiger partial charge in [0, 0.05) is 43.4 Å². The average molecular weight is 353 g/mol. The second kappa shape index (κ2) is 7.09. The standard InChI is InChI=1S/C18H19N5O3/c1-13-16(17(21-26-13)14-3-6-19-7-4-14)18(24)22-9-10-25-15(11-22)12-23-8-2-5-20-23/h2-8,15H,9-12H2,1H3. The molecule has 0 spiro atoms. The van der Waals surface area contributed by atoms with E-state index < -0.39 is 0 Å². The van der Waals surface area contributed by atoms with Crippen LogP contribution in [0.25, 0.3) is 11.3 Å². The van der Waals surface area contributed by atoms with Crippen LogP contribution in [0.2, 0.25) is 0 Å². The second-order valence-electron chi connectivity index (χ2n) is 6.17. The summed E-state index contributed by atoms with van der Waals surface area (Å²) in [6, 6.07) is 5.50. The van der Waals surface area contributed by atoms with E-state index in [1.165, 1.54) is 0 Å². The number of morpholine rings is 1. The van der Waals surface area contributed by atoms with Gasteiger partial charge in [-0.2, -0.15) is 5.10 Å². The fourth-order valence-electron chi connectivity index (χ4n) is 3.12. The van der Waals surface area contributed by atoms with E-state index in [-0.39, 0.29) is 12.0 Å². The zero-order chi connectivity index (χ0) is 17.9. The Bertz CT molecular complexity index is 876. The number of carbonyl (C=O) groups excluding carboxylic acids is 1. The molecule has 8 nitrogen and oxygen atoms in total. The molecule has 1 unspecified atom stereocenters. The normalized spacial score (nSPS) is 17.4. The first-order valence-corrected chi connectivity index (χ1v) is 8.47. The minimum atomic E-state index is -0.0999. The van der Waals surface area contributed by atoms with Gasteiger partial charge in [0.1, 0.15) is 17.0 Å². The lowest BCUT2D eigenvalue weighted by Crippen LogP contribution is -2.47. The Morgan fingerprint density at radius 1 is 1.31 bits per heavy atom. The number of nitrogens with zero attached hydrogens (tertiary/aromatic N) is 5. The largest absolute Gasteiger partial charge is 0.373 e. The van der Waals surface area contributed by atoms with Gasteiger partial charge in [-0.25, -0.2) is 0 Å². The Kier molecular flexibility index (Phi) is 4.49. The zero-order valence-electron chi connectivity index (χ0n) is 14.4. The Labute approximate surface area is 150 Å². The molecule has 1 atom stereocenters. The maximum Gasteiger partial charge on any atom is 0.259 e. The quantitative estimate of drug-likeness (QED) is 0.711. The highest BCUT2D eigenvalue weighted by Crippen LogP contribution is 2.26. The molecule has 1 amide bonds. The van der Waals surface area contributed by atoms with Crippen molar-refractivity contribution in [2.24, 2.45) is 0 Å². The maximum absolute atomic E-state index is 13.2. The van der Waals surface area contributed by atoms with Gasteiger partial charge in [0.25, 0.3) is 5.91 Å². The predicted octanol–water partition coefficient (Wildman–Crippen LogP) is 1.78. The summed E-state index contributed by atoms with van der Waals surface area (Å²) in [5, 5.41) is 8.29. The third-order valence-electron chi connectivity index (χ3n) is 4.41. The van der Waals surface area contributed by atoms with Gasteiger partial charge in [-0.1, -0.05) is 5.16 Å². The number of carbonyl (C=O) groups is 1. The molecule has 4 heterocycles. The lowest BCUT2D eigenvalue weighted by Gasteiger charge is -2.33. The predicted molar refractivity (Wildman–Crippen MR) is 92.3 cm³/mol. The van der Waals surface area contributed by atoms with Crippen LogP contribution in [0.1, 0.15) is 16.1 Å². The number of aryl methyl sites for hydroxylation is 1. The molecule has 1 aliphatic rings. The van der Waals surface area contributed by atoms with Gasteiger partial charge in [-0.05, 0) is 25.1 Å². The molecule has 1 fully saturated rings. The summed E-state index contributed by atoms with van der Waals surface area (Å²) in [6.45, 7) is 3.89. The Hall–Kier alpha value is -3.00. The van der Waals surface area contributed by atoms with E-state index >= 15 is 0 Å². The zero-order valence-corrected chi connectivity index (χ0v) is 14.4. The molecule has 0 N–H and O–H groups in total. The van der Waals surface area contributed by atoms with E-state index in [9.17, 15) is 4.79 Å². The van der Waals surface area contributed by atoms with Gasteiger partial charge >= 0.3 is 0 Å². The topological polar surface area (TPSA) is 86.3 Å². The maximum atomic E-state index is 13.2. The van der Waals surface area contributed by atoms with Crippen LogP contribution in [0.15, 0.2) is 47.5 Å². The summed E-state index contributed by atoms with van der Waals surface area (Å²) >= 11 is 0. The molecule has 0 bridgehead atoms. The molecule has 1 aliphatic heterocycles. The Balaban J connectivity index is 1.55. The van der Waals surface area contributed by atoms with Gasteiger partial charge in [-0.3, -0.25) is 14.5 Å². The van der Waals surface area contributed by atoms with Gasteiger partial charge in [0.15, 0.2) is 0 Å². The number of rotatable bonds is 4. The van der Waals surface area contributed by atoms with Crippen LogP contribution in [0.4, 0.5) is 0 Å². The van der Waals surface area contributed by atoms with Crippen LogP contribution >= 0.6 is 0 Å². The molecule has 134 valence electrons. The summed E-state index contributed by atoms with van der Waals surface area (Å²) in [4.78, 5) is 19.0. The van der Waals surface area contributed by atoms with Crippen molar-refractivity contribution in [2.45, 2.75) is 19.6 Å². The molecule has 0 saturated carbocycles. The highest BCUT2D eigenvalue weighted by atomic mass is 16.5. The SMILES string of the molecule is Cc1onc(-c2ccncc2)c1C(=O)N1CCOC(Cn2cccn2)C1. The Morgan fingerprint density at radius 3 is 2.92 bits per heavy atom. The first-order valence-electron chi connectivity index (χ1n) is 8.47. The minimum Gasteiger partial charge on any atom is -0.373 e. The number of amides is 1. The summed E-state index contributed by atoms with van der Waals surface area (Å²) in [7, 11) is 0. The van der Waals surface area contributed by atoms with Crippen LogP contribution in [0.3, 0.4) is 0 Å². The van der Waals surface area contributed by atoms with Gasteiger partial charge in [0.2, 0.25) is 0 Å². The molecule has 8 heteroatoms. The van der Waals surface area contributed by atoms with E-state index in [0.29, 0.717) is 43.3 Å². The Morgan fingerprint density at radius 2 is 2.15 bits per heavy atom. The lowest BCUT2D eigenvalue weighted by atomic mass is 10.1. The fourth-order valence-corrected chi connectivity index (χ4v) is 3.12. The van der Waals surface area contributed by atoms with Crippen molar-refractivity contribution in [1.29, 1.82) is 0 Å². The smallest absolute Gasteiger partial charge is 0.259 e. The third kappa shape index (κ3) is 3.23. The number of hydrogen-bond acceptors (Lipinski definition) is 6. The number of ether oxygens (including phenoxy) is 1. The van der Waals surface area contributed by atoms with Crippen molar-refractivity contribution in [2.75, 3.05) is 19.7 Å². The molecular weight excluding hydrogens is 334 g/mol. The van der Waals surface area contributed by atoms with E-state index in [1.807, 2.05) is 29.1 Å². The minimum absolute atomic E-state index is 0.0932.